The molecule has 0 heterocycles. The lowest BCUT2D eigenvalue weighted by molar-refractivity contribution is 0.149. The molecule has 2 nitrogen and oxygen atoms in total. The van der Waals surface area contributed by atoms with Gasteiger partial charge < -0.3 is 10.5 Å². The first-order valence-corrected chi connectivity index (χ1v) is 6.35. The molecule has 1 aromatic rings. The van der Waals surface area contributed by atoms with E-state index in [-0.39, 0.29) is 0 Å². The van der Waals surface area contributed by atoms with E-state index in [1.807, 2.05) is 18.7 Å². The van der Waals surface area contributed by atoms with Crippen molar-refractivity contribution >= 4 is 11.8 Å². The maximum absolute atomic E-state index is 5.53. The van der Waals surface area contributed by atoms with Gasteiger partial charge >= 0.3 is 0 Å². The van der Waals surface area contributed by atoms with E-state index in [0.717, 1.165) is 25.4 Å². The van der Waals surface area contributed by atoms with E-state index in [4.69, 9.17) is 10.5 Å². The van der Waals surface area contributed by atoms with Gasteiger partial charge in [0.05, 0.1) is 0 Å². The summed E-state index contributed by atoms with van der Waals surface area (Å²) in [6, 6.07) is 8.44. The minimum atomic E-state index is 0.620. The highest BCUT2D eigenvalue weighted by Crippen LogP contribution is 2.18. The third-order valence-electron chi connectivity index (χ3n) is 2.06. The number of ether oxygens (including phenoxy) is 1. The first-order chi connectivity index (χ1) is 7.36. The minimum Gasteiger partial charge on any atom is -0.382 e. The second-order valence-electron chi connectivity index (χ2n) is 3.25. The molecule has 1 rings (SSSR count). The van der Waals surface area contributed by atoms with Gasteiger partial charge in [0, 0.05) is 30.4 Å². The molecule has 0 spiro atoms. The Morgan fingerprint density at radius 2 is 2.00 bits per heavy atom. The predicted octanol–water partition coefficient (Wildman–Crippen LogP) is 2.66. The van der Waals surface area contributed by atoms with Gasteiger partial charge in [0.1, 0.15) is 0 Å². The summed E-state index contributed by atoms with van der Waals surface area (Å²) in [6.07, 6.45) is 1.11. The Hall–Kier alpha value is -0.510. The quantitative estimate of drug-likeness (QED) is 0.572. The molecular weight excluding hydrogens is 206 g/mol. The highest BCUT2D eigenvalue weighted by Gasteiger charge is 1.94. The fourth-order valence-electron chi connectivity index (χ4n) is 1.22. The molecule has 0 atom stereocenters. The number of hydrogen-bond donors (Lipinski definition) is 1. The van der Waals surface area contributed by atoms with Crippen LogP contribution in [-0.2, 0) is 11.3 Å². The standard InChI is InChI=1S/C12H19NOS/c1-2-14-8-3-9-15-12-6-4-11(10-13)5-7-12/h4-7H,2-3,8-10,13H2,1H3. The fourth-order valence-corrected chi connectivity index (χ4v) is 2.04. The highest BCUT2D eigenvalue weighted by molar-refractivity contribution is 7.99. The van der Waals surface area contributed by atoms with Crippen molar-refractivity contribution in [1.29, 1.82) is 0 Å². The van der Waals surface area contributed by atoms with Gasteiger partial charge in [-0.3, -0.25) is 0 Å². The summed E-state index contributed by atoms with van der Waals surface area (Å²) >= 11 is 1.87. The van der Waals surface area contributed by atoms with Crippen LogP contribution >= 0.6 is 11.8 Å². The molecule has 84 valence electrons. The molecule has 0 saturated carbocycles. The molecule has 15 heavy (non-hydrogen) atoms. The average molecular weight is 225 g/mol. The van der Waals surface area contributed by atoms with Crippen molar-refractivity contribution in [1.82, 2.24) is 0 Å². The van der Waals surface area contributed by atoms with Crippen molar-refractivity contribution in [2.75, 3.05) is 19.0 Å². The zero-order valence-electron chi connectivity index (χ0n) is 9.24. The summed E-state index contributed by atoms with van der Waals surface area (Å²) in [7, 11) is 0. The van der Waals surface area contributed by atoms with Crippen LogP contribution in [0.25, 0.3) is 0 Å². The van der Waals surface area contributed by atoms with Gasteiger partial charge in [-0.05, 0) is 31.0 Å². The summed E-state index contributed by atoms with van der Waals surface area (Å²) in [5.41, 5.74) is 6.72. The molecule has 3 heteroatoms. The Kier molecular flexibility index (Phi) is 6.48. The van der Waals surface area contributed by atoms with Gasteiger partial charge in [0.2, 0.25) is 0 Å². The number of rotatable bonds is 7. The maximum Gasteiger partial charge on any atom is 0.0473 e. The van der Waals surface area contributed by atoms with Gasteiger partial charge in [0.15, 0.2) is 0 Å². The third kappa shape index (κ3) is 5.21. The summed E-state index contributed by atoms with van der Waals surface area (Å²) in [5, 5.41) is 0. The molecule has 0 aromatic heterocycles. The van der Waals surface area contributed by atoms with E-state index in [0.29, 0.717) is 6.54 Å². The van der Waals surface area contributed by atoms with Crippen LogP contribution in [0.2, 0.25) is 0 Å². The predicted molar refractivity (Wildman–Crippen MR) is 66.2 cm³/mol. The van der Waals surface area contributed by atoms with Crippen LogP contribution in [0.15, 0.2) is 29.2 Å². The van der Waals surface area contributed by atoms with Gasteiger partial charge in [0.25, 0.3) is 0 Å². The Balaban J connectivity index is 2.20. The molecule has 0 amide bonds. The van der Waals surface area contributed by atoms with E-state index in [1.54, 1.807) is 0 Å². The van der Waals surface area contributed by atoms with Crippen molar-refractivity contribution in [3.8, 4) is 0 Å². The fraction of sp³-hybridized carbons (Fsp3) is 0.500. The van der Waals surface area contributed by atoms with Gasteiger partial charge in [-0.2, -0.15) is 0 Å². The van der Waals surface area contributed by atoms with Crippen LogP contribution in [0.4, 0.5) is 0 Å². The van der Waals surface area contributed by atoms with E-state index in [2.05, 4.69) is 24.3 Å². The zero-order chi connectivity index (χ0) is 10.9. The van der Waals surface area contributed by atoms with Crippen molar-refractivity contribution in [3.05, 3.63) is 29.8 Å². The maximum atomic E-state index is 5.53. The van der Waals surface area contributed by atoms with Gasteiger partial charge in [-0.15, -0.1) is 11.8 Å². The Labute approximate surface area is 96.2 Å². The van der Waals surface area contributed by atoms with Crippen LogP contribution in [0.1, 0.15) is 18.9 Å². The van der Waals surface area contributed by atoms with E-state index in [1.165, 1.54) is 10.5 Å². The second kappa shape index (κ2) is 7.74. The van der Waals surface area contributed by atoms with Crippen LogP contribution in [-0.4, -0.2) is 19.0 Å². The summed E-state index contributed by atoms with van der Waals surface area (Å²) in [4.78, 5) is 1.31. The highest BCUT2D eigenvalue weighted by atomic mass is 32.2. The number of hydrogen-bond acceptors (Lipinski definition) is 3. The lowest BCUT2D eigenvalue weighted by Gasteiger charge is -2.03. The van der Waals surface area contributed by atoms with Crippen molar-refractivity contribution in [2.45, 2.75) is 24.8 Å². The van der Waals surface area contributed by atoms with Crippen LogP contribution in [0, 0.1) is 0 Å². The first-order valence-electron chi connectivity index (χ1n) is 5.36. The average Bonchev–Trinajstić information content (AvgIpc) is 2.30. The Morgan fingerprint density at radius 3 is 2.60 bits per heavy atom. The van der Waals surface area contributed by atoms with E-state index >= 15 is 0 Å². The molecule has 1 aromatic carbocycles. The van der Waals surface area contributed by atoms with Gasteiger partial charge in [-0.25, -0.2) is 0 Å². The normalized spacial score (nSPS) is 10.5. The lowest BCUT2D eigenvalue weighted by Crippen LogP contribution is -1.96. The molecule has 0 saturated heterocycles. The Bertz CT molecular complexity index is 261. The number of nitrogens with two attached hydrogens (primary N) is 1. The third-order valence-corrected chi connectivity index (χ3v) is 3.16. The number of benzene rings is 1. The molecule has 0 bridgehead atoms. The van der Waals surface area contributed by atoms with Crippen molar-refractivity contribution in [3.63, 3.8) is 0 Å². The van der Waals surface area contributed by atoms with Crippen molar-refractivity contribution < 1.29 is 4.74 Å². The summed E-state index contributed by atoms with van der Waals surface area (Å²) in [6.45, 7) is 4.33. The lowest BCUT2D eigenvalue weighted by atomic mass is 10.2. The molecular formula is C12H19NOS. The SMILES string of the molecule is CCOCCCSc1ccc(CN)cc1. The molecule has 0 radical (unpaired) electrons. The van der Waals surface area contributed by atoms with Crippen molar-refractivity contribution in [2.24, 2.45) is 5.73 Å². The molecule has 0 aliphatic heterocycles. The minimum absolute atomic E-state index is 0.620. The summed E-state index contributed by atoms with van der Waals surface area (Å²) < 4.78 is 5.28. The second-order valence-corrected chi connectivity index (χ2v) is 4.42. The largest absolute Gasteiger partial charge is 0.382 e. The van der Waals surface area contributed by atoms with E-state index < -0.39 is 0 Å². The molecule has 0 fully saturated rings. The molecule has 2 N–H and O–H groups in total. The van der Waals surface area contributed by atoms with Crippen LogP contribution in [0.3, 0.4) is 0 Å². The molecule has 0 unspecified atom stereocenters. The molecule has 0 aliphatic carbocycles. The van der Waals surface area contributed by atoms with E-state index in [9.17, 15) is 0 Å². The topological polar surface area (TPSA) is 35.2 Å². The smallest absolute Gasteiger partial charge is 0.0473 e. The first kappa shape index (κ1) is 12.6. The van der Waals surface area contributed by atoms with Crippen LogP contribution < -0.4 is 5.73 Å². The summed E-state index contributed by atoms with van der Waals surface area (Å²) in [5.74, 6) is 1.11. The monoisotopic (exact) mass is 225 g/mol. The number of thioether (sulfide) groups is 1. The Morgan fingerprint density at radius 1 is 1.27 bits per heavy atom. The van der Waals surface area contributed by atoms with Crippen LogP contribution in [0.5, 0.6) is 0 Å². The molecule has 0 aliphatic rings. The van der Waals surface area contributed by atoms with Gasteiger partial charge in [-0.1, -0.05) is 12.1 Å². The zero-order valence-corrected chi connectivity index (χ0v) is 10.1.